The minimum Gasteiger partial charge on any atom is -0.504 e. The Bertz CT molecular complexity index is 260. The van der Waals surface area contributed by atoms with Crippen molar-refractivity contribution in [3.05, 3.63) is 18.2 Å². The average molecular weight is 138 g/mol. The van der Waals surface area contributed by atoms with Crippen molar-refractivity contribution in [3.8, 4) is 11.5 Å². The predicted molar refractivity (Wildman–Crippen MR) is 34.6 cm³/mol. The van der Waals surface area contributed by atoms with Gasteiger partial charge in [0.1, 0.15) is 0 Å². The number of hydrogen-bond acceptors (Lipinski definition) is 4. The van der Waals surface area contributed by atoms with Gasteiger partial charge in [0.2, 0.25) is 0 Å². The Kier molecular flexibility index (Phi) is 1.53. The highest BCUT2D eigenvalue weighted by molar-refractivity contribution is 5.49. The van der Waals surface area contributed by atoms with Crippen LogP contribution >= 0.6 is 0 Å². The number of rotatable bonds is 1. The fourth-order valence-corrected chi connectivity index (χ4v) is 0.581. The van der Waals surface area contributed by atoms with Gasteiger partial charge in [0.25, 0.3) is 0 Å². The van der Waals surface area contributed by atoms with Gasteiger partial charge in [0, 0.05) is 6.07 Å². The molecule has 0 aliphatic rings. The van der Waals surface area contributed by atoms with Crippen LogP contribution in [0.3, 0.4) is 0 Å². The summed E-state index contributed by atoms with van der Waals surface area (Å²) in [5.41, 5.74) is 6.86. The minimum absolute atomic E-state index is 0.201. The number of phenols is 2. The summed E-state index contributed by atoms with van der Waals surface area (Å²) in [5.74, 6) is -0.457. The van der Waals surface area contributed by atoms with Gasteiger partial charge >= 0.3 is 0 Å². The molecule has 52 valence electrons. The molecule has 1 aromatic carbocycles. The monoisotopic (exact) mass is 138 g/mol. The van der Waals surface area contributed by atoms with E-state index in [1.165, 1.54) is 18.2 Å². The normalized spacial score (nSPS) is 9.20. The van der Waals surface area contributed by atoms with E-state index in [1.807, 2.05) is 0 Å². The van der Waals surface area contributed by atoms with Crippen molar-refractivity contribution in [1.29, 1.82) is 5.53 Å². The van der Waals surface area contributed by atoms with Crippen LogP contribution in [0.4, 0.5) is 5.69 Å². The Hall–Kier alpha value is -1.58. The Morgan fingerprint density at radius 3 is 2.40 bits per heavy atom. The number of aromatic hydroxyl groups is 2. The maximum Gasteiger partial charge on any atom is 0.159 e. The van der Waals surface area contributed by atoms with Gasteiger partial charge in [0.15, 0.2) is 11.5 Å². The van der Waals surface area contributed by atoms with E-state index in [4.69, 9.17) is 15.7 Å². The fourth-order valence-electron chi connectivity index (χ4n) is 0.581. The van der Waals surface area contributed by atoms with E-state index in [0.29, 0.717) is 5.69 Å². The molecule has 0 saturated heterocycles. The van der Waals surface area contributed by atoms with Gasteiger partial charge in [-0.15, -0.1) is 0 Å². The van der Waals surface area contributed by atoms with Crippen molar-refractivity contribution in [3.63, 3.8) is 0 Å². The zero-order valence-corrected chi connectivity index (χ0v) is 5.07. The van der Waals surface area contributed by atoms with E-state index in [9.17, 15) is 0 Å². The highest BCUT2D eigenvalue weighted by Crippen LogP contribution is 2.28. The molecule has 1 aromatic rings. The summed E-state index contributed by atoms with van der Waals surface area (Å²) in [6.45, 7) is 0. The van der Waals surface area contributed by atoms with Crippen LogP contribution in [0, 0.1) is 5.53 Å². The molecule has 0 aromatic heterocycles. The molecule has 10 heavy (non-hydrogen) atoms. The fraction of sp³-hybridized carbons (Fsp3) is 0. The number of nitrogens with one attached hydrogen (secondary N) is 1. The van der Waals surface area contributed by atoms with Crippen LogP contribution in [0.1, 0.15) is 0 Å². The molecular formula is C6H6N2O2. The second-order valence-electron chi connectivity index (χ2n) is 1.78. The summed E-state index contributed by atoms with van der Waals surface area (Å²) in [7, 11) is 0. The molecule has 0 fully saturated rings. The summed E-state index contributed by atoms with van der Waals surface area (Å²) in [4.78, 5) is 0. The van der Waals surface area contributed by atoms with Crippen LogP contribution < -0.4 is 0 Å². The van der Waals surface area contributed by atoms with E-state index >= 15 is 0 Å². The zero-order chi connectivity index (χ0) is 7.56. The quantitative estimate of drug-likeness (QED) is 0.408. The highest BCUT2D eigenvalue weighted by Gasteiger charge is 1.97. The molecule has 0 bridgehead atoms. The molecule has 1 rings (SSSR count). The van der Waals surface area contributed by atoms with Gasteiger partial charge in [-0.05, 0) is 12.1 Å². The van der Waals surface area contributed by atoms with Crippen molar-refractivity contribution in [2.75, 3.05) is 0 Å². The molecule has 4 nitrogen and oxygen atoms in total. The van der Waals surface area contributed by atoms with E-state index in [0.717, 1.165) is 0 Å². The van der Waals surface area contributed by atoms with Crippen molar-refractivity contribution in [2.45, 2.75) is 0 Å². The molecule has 0 amide bonds. The first-order valence-corrected chi connectivity index (χ1v) is 2.63. The third-order valence-electron chi connectivity index (χ3n) is 1.09. The SMILES string of the molecule is N=Nc1ccc(O)c(O)c1. The smallest absolute Gasteiger partial charge is 0.159 e. The van der Waals surface area contributed by atoms with Gasteiger partial charge in [-0.1, -0.05) is 0 Å². The first-order valence-electron chi connectivity index (χ1n) is 2.63. The molecule has 0 unspecified atom stereocenters. The maximum absolute atomic E-state index is 8.84. The number of phenolic OH excluding ortho intramolecular Hbond substituents is 2. The molecule has 0 atom stereocenters. The van der Waals surface area contributed by atoms with E-state index in [1.54, 1.807) is 0 Å². The lowest BCUT2D eigenvalue weighted by Crippen LogP contribution is -1.66. The van der Waals surface area contributed by atoms with Gasteiger partial charge in [-0.3, -0.25) is 0 Å². The summed E-state index contributed by atoms with van der Waals surface area (Å²) in [6, 6.07) is 3.92. The van der Waals surface area contributed by atoms with Crippen molar-refractivity contribution < 1.29 is 10.2 Å². The highest BCUT2D eigenvalue weighted by atomic mass is 16.3. The molecule has 0 heterocycles. The van der Waals surface area contributed by atoms with Crippen LogP contribution in [-0.2, 0) is 0 Å². The summed E-state index contributed by atoms with van der Waals surface area (Å²) in [6.07, 6.45) is 0. The van der Waals surface area contributed by atoms with Crippen molar-refractivity contribution in [2.24, 2.45) is 5.11 Å². The predicted octanol–water partition coefficient (Wildman–Crippen LogP) is 1.76. The standard InChI is InChI=1S/C6H6N2O2/c7-8-4-1-2-5(9)6(10)3-4/h1-3,7,9-10H. The topological polar surface area (TPSA) is 76.7 Å². The van der Waals surface area contributed by atoms with Crippen LogP contribution in [0.2, 0.25) is 0 Å². The molecule has 0 aliphatic carbocycles. The summed E-state index contributed by atoms with van der Waals surface area (Å²) < 4.78 is 0. The Morgan fingerprint density at radius 1 is 1.20 bits per heavy atom. The largest absolute Gasteiger partial charge is 0.504 e. The van der Waals surface area contributed by atoms with Gasteiger partial charge in [0.05, 0.1) is 5.69 Å². The average Bonchev–Trinajstić information content (AvgIpc) is 1.95. The van der Waals surface area contributed by atoms with Crippen molar-refractivity contribution in [1.82, 2.24) is 0 Å². The second kappa shape index (κ2) is 2.34. The van der Waals surface area contributed by atoms with Gasteiger partial charge in [-0.25, -0.2) is 5.53 Å². The molecule has 0 aliphatic heterocycles. The Morgan fingerprint density at radius 2 is 1.90 bits per heavy atom. The number of hydrogen-bond donors (Lipinski definition) is 3. The summed E-state index contributed by atoms with van der Waals surface area (Å²) >= 11 is 0. The second-order valence-corrected chi connectivity index (χ2v) is 1.78. The molecule has 0 spiro atoms. The Labute approximate surface area is 57.3 Å². The summed E-state index contributed by atoms with van der Waals surface area (Å²) in [5, 5.41) is 20.7. The third kappa shape index (κ3) is 1.05. The van der Waals surface area contributed by atoms with E-state index in [2.05, 4.69) is 5.11 Å². The minimum atomic E-state index is -0.256. The molecule has 3 N–H and O–H groups in total. The van der Waals surface area contributed by atoms with Crippen molar-refractivity contribution >= 4 is 5.69 Å². The third-order valence-corrected chi connectivity index (χ3v) is 1.09. The van der Waals surface area contributed by atoms with Crippen LogP contribution in [0.5, 0.6) is 11.5 Å². The molecule has 0 saturated carbocycles. The Balaban J connectivity index is 3.16. The lowest BCUT2D eigenvalue weighted by Gasteiger charge is -1.95. The molecule has 0 radical (unpaired) electrons. The number of benzene rings is 1. The van der Waals surface area contributed by atoms with E-state index < -0.39 is 0 Å². The maximum atomic E-state index is 8.84. The van der Waals surface area contributed by atoms with Crippen LogP contribution in [-0.4, -0.2) is 10.2 Å². The lowest BCUT2D eigenvalue weighted by atomic mass is 10.3. The molecule has 4 heteroatoms. The zero-order valence-electron chi connectivity index (χ0n) is 5.07. The molecular weight excluding hydrogens is 132 g/mol. The number of nitrogens with zero attached hydrogens (tertiary/aromatic N) is 1. The first kappa shape index (κ1) is 6.54. The van der Waals surface area contributed by atoms with Crippen LogP contribution in [0.25, 0.3) is 0 Å². The van der Waals surface area contributed by atoms with Gasteiger partial charge in [-0.2, -0.15) is 5.11 Å². The van der Waals surface area contributed by atoms with Crippen LogP contribution in [0.15, 0.2) is 23.3 Å². The van der Waals surface area contributed by atoms with Gasteiger partial charge < -0.3 is 10.2 Å². The first-order chi connectivity index (χ1) is 4.74. The lowest BCUT2D eigenvalue weighted by molar-refractivity contribution is 0.404. The van der Waals surface area contributed by atoms with E-state index in [-0.39, 0.29) is 11.5 Å².